The number of anilines is 3. The van der Waals surface area contributed by atoms with E-state index in [1.165, 1.54) is 0 Å². The molecule has 166 valence electrons. The van der Waals surface area contributed by atoms with E-state index >= 15 is 0 Å². The first-order valence-corrected chi connectivity index (χ1v) is 10.9. The summed E-state index contributed by atoms with van der Waals surface area (Å²) < 4.78 is 0. The molecular formula is C26H22ClN3O3. The lowest BCUT2D eigenvalue weighted by Crippen LogP contribution is -2.32. The molecule has 6 nitrogen and oxygen atoms in total. The molecule has 0 saturated carbocycles. The molecule has 1 aliphatic rings. The third kappa shape index (κ3) is 4.38. The fourth-order valence-electron chi connectivity index (χ4n) is 3.53. The Balaban J connectivity index is 1.50. The van der Waals surface area contributed by atoms with Crippen molar-refractivity contribution in [3.63, 3.8) is 0 Å². The van der Waals surface area contributed by atoms with Crippen LogP contribution in [0.5, 0.6) is 0 Å². The summed E-state index contributed by atoms with van der Waals surface area (Å²) in [6.45, 7) is 2.03. The molecule has 1 N–H and O–H groups in total. The Kier molecular flexibility index (Phi) is 6.29. The SMILES string of the molecule is CCc1ccc(N2C(=O)C(Cl)=C(Nc3ccc(C(=O)N(C)c4ccccc4)cc3)C2=O)cc1. The lowest BCUT2D eigenvalue weighted by molar-refractivity contribution is -0.120. The van der Waals surface area contributed by atoms with E-state index in [-0.39, 0.29) is 16.6 Å². The molecule has 0 fully saturated rings. The number of halogens is 1. The Hall–Kier alpha value is -3.90. The van der Waals surface area contributed by atoms with Gasteiger partial charge in [0.2, 0.25) is 0 Å². The summed E-state index contributed by atoms with van der Waals surface area (Å²) in [7, 11) is 1.71. The normalized spacial score (nSPS) is 13.5. The topological polar surface area (TPSA) is 69.7 Å². The van der Waals surface area contributed by atoms with Gasteiger partial charge in [-0.05, 0) is 60.5 Å². The first kappa shape index (κ1) is 22.3. The Morgan fingerprint density at radius 2 is 1.55 bits per heavy atom. The fourth-order valence-corrected chi connectivity index (χ4v) is 3.74. The second-order valence-corrected chi connectivity index (χ2v) is 7.93. The highest BCUT2D eigenvalue weighted by Crippen LogP contribution is 2.30. The highest BCUT2D eigenvalue weighted by molar-refractivity contribution is 6.53. The van der Waals surface area contributed by atoms with Crippen LogP contribution in [0.4, 0.5) is 17.1 Å². The molecule has 7 heteroatoms. The van der Waals surface area contributed by atoms with Crippen molar-refractivity contribution in [1.82, 2.24) is 0 Å². The van der Waals surface area contributed by atoms with Gasteiger partial charge >= 0.3 is 0 Å². The van der Waals surface area contributed by atoms with Crippen LogP contribution in [0.25, 0.3) is 0 Å². The third-order valence-corrected chi connectivity index (χ3v) is 5.83. The molecule has 3 aromatic carbocycles. The Labute approximate surface area is 197 Å². The minimum Gasteiger partial charge on any atom is -0.350 e. The average Bonchev–Trinajstić information content (AvgIpc) is 3.07. The van der Waals surface area contributed by atoms with Gasteiger partial charge in [-0.3, -0.25) is 14.4 Å². The predicted octanol–water partition coefficient (Wildman–Crippen LogP) is 4.96. The van der Waals surface area contributed by atoms with E-state index in [0.717, 1.165) is 22.6 Å². The third-order valence-electron chi connectivity index (χ3n) is 5.48. The molecular weight excluding hydrogens is 438 g/mol. The van der Waals surface area contributed by atoms with Crippen molar-refractivity contribution < 1.29 is 14.4 Å². The molecule has 1 aliphatic heterocycles. The number of benzene rings is 3. The van der Waals surface area contributed by atoms with Crippen molar-refractivity contribution in [3.8, 4) is 0 Å². The van der Waals surface area contributed by atoms with Gasteiger partial charge in [0, 0.05) is 24.0 Å². The lowest BCUT2D eigenvalue weighted by Gasteiger charge is -2.17. The molecule has 0 spiro atoms. The first-order chi connectivity index (χ1) is 15.9. The minimum atomic E-state index is -0.579. The van der Waals surface area contributed by atoms with Crippen LogP contribution in [-0.4, -0.2) is 24.8 Å². The van der Waals surface area contributed by atoms with Crippen LogP contribution in [0.1, 0.15) is 22.8 Å². The number of para-hydroxylation sites is 1. The van der Waals surface area contributed by atoms with Crippen LogP contribution in [0.15, 0.2) is 89.6 Å². The number of aryl methyl sites for hydroxylation is 1. The van der Waals surface area contributed by atoms with E-state index in [4.69, 9.17) is 11.6 Å². The molecule has 3 aromatic rings. The van der Waals surface area contributed by atoms with E-state index < -0.39 is 11.8 Å². The van der Waals surface area contributed by atoms with Gasteiger partial charge in [-0.25, -0.2) is 4.90 Å². The highest BCUT2D eigenvalue weighted by Gasteiger charge is 2.38. The largest absolute Gasteiger partial charge is 0.350 e. The number of nitrogens with zero attached hydrogens (tertiary/aromatic N) is 2. The zero-order chi connectivity index (χ0) is 23.5. The van der Waals surface area contributed by atoms with Crippen molar-refractivity contribution in [1.29, 1.82) is 0 Å². The molecule has 3 amide bonds. The van der Waals surface area contributed by atoms with Crippen molar-refractivity contribution in [3.05, 3.63) is 101 Å². The van der Waals surface area contributed by atoms with Gasteiger partial charge < -0.3 is 10.2 Å². The molecule has 0 radical (unpaired) electrons. The summed E-state index contributed by atoms with van der Waals surface area (Å²) in [5, 5.41) is 2.75. The summed E-state index contributed by atoms with van der Waals surface area (Å²) in [6.07, 6.45) is 0.855. The molecule has 1 heterocycles. The number of hydrogen-bond acceptors (Lipinski definition) is 4. The molecule has 4 rings (SSSR count). The van der Waals surface area contributed by atoms with Crippen LogP contribution in [0.2, 0.25) is 0 Å². The van der Waals surface area contributed by atoms with Crippen LogP contribution in [0, 0.1) is 0 Å². The highest BCUT2D eigenvalue weighted by atomic mass is 35.5. The first-order valence-electron chi connectivity index (χ1n) is 10.5. The zero-order valence-electron chi connectivity index (χ0n) is 18.2. The number of nitrogens with one attached hydrogen (secondary N) is 1. The second-order valence-electron chi connectivity index (χ2n) is 7.56. The lowest BCUT2D eigenvalue weighted by atomic mass is 10.1. The number of hydrogen-bond donors (Lipinski definition) is 1. The molecule has 0 aromatic heterocycles. The molecule has 0 unspecified atom stereocenters. The maximum atomic E-state index is 12.9. The van der Waals surface area contributed by atoms with Crippen molar-refractivity contribution in [2.24, 2.45) is 0 Å². The van der Waals surface area contributed by atoms with E-state index in [0.29, 0.717) is 16.9 Å². The molecule has 0 bridgehead atoms. The molecule has 0 atom stereocenters. The van der Waals surface area contributed by atoms with Gasteiger partial charge in [0.05, 0.1) is 5.69 Å². The van der Waals surface area contributed by atoms with Crippen LogP contribution in [-0.2, 0) is 16.0 Å². The van der Waals surface area contributed by atoms with Crippen LogP contribution >= 0.6 is 11.6 Å². The summed E-state index contributed by atoms with van der Waals surface area (Å²) in [5.41, 5.74) is 3.36. The van der Waals surface area contributed by atoms with Crippen LogP contribution in [0.3, 0.4) is 0 Å². The standard InChI is InChI=1S/C26H22ClN3O3/c1-3-17-9-15-21(16-10-17)30-25(32)22(27)23(26(30)33)28-19-13-11-18(12-14-19)24(31)29(2)20-7-5-4-6-8-20/h4-16,28H,3H2,1-2H3. The quantitative estimate of drug-likeness (QED) is 0.529. The fraction of sp³-hybridized carbons (Fsp3) is 0.115. The monoisotopic (exact) mass is 459 g/mol. The summed E-state index contributed by atoms with van der Waals surface area (Å²) in [4.78, 5) is 41.0. The van der Waals surface area contributed by atoms with E-state index in [2.05, 4.69) is 5.32 Å². The summed E-state index contributed by atoms with van der Waals surface area (Å²) >= 11 is 6.21. The molecule has 33 heavy (non-hydrogen) atoms. The maximum absolute atomic E-state index is 12.9. The predicted molar refractivity (Wildman–Crippen MR) is 130 cm³/mol. The van der Waals surface area contributed by atoms with Gasteiger partial charge in [0.15, 0.2) is 0 Å². The molecule has 0 saturated heterocycles. The average molecular weight is 460 g/mol. The Morgan fingerprint density at radius 3 is 2.15 bits per heavy atom. The minimum absolute atomic E-state index is 0.00159. The Bertz CT molecular complexity index is 1240. The summed E-state index contributed by atoms with van der Waals surface area (Å²) in [5.74, 6) is -1.28. The van der Waals surface area contributed by atoms with Gasteiger partial charge in [-0.15, -0.1) is 0 Å². The van der Waals surface area contributed by atoms with Gasteiger partial charge in [0.1, 0.15) is 10.7 Å². The van der Waals surface area contributed by atoms with E-state index in [9.17, 15) is 14.4 Å². The van der Waals surface area contributed by atoms with E-state index in [1.807, 2.05) is 49.4 Å². The number of rotatable bonds is 6. The van der Waals surface area contributed by atoms with Gasteiger partial charge in [0.25, 0.3) is 17.7 Å². The van der Waals surface area contributed by atoms with Gasteiger partial charge in [-0.1, -0.05) is 48.9 Å². The number of carbonyl (C=O) groups excluding carboxylic acids is 3. The van der Waals surface area contributed by atoms with E-state index in [1.54, 1.807) is 48.3 Å². The molecule has 0 aliphatic carbocycles. The van der Waals surface area contributed by atoms with Crippen molar-refractivity contribution in [2.45, 2.75) is 13.3 Å². The number of imide groups is 1. The summed E-state index contributed by atoms with van der Waals surface area (Å²) in [6, 6.07) is 23.2. The number of amides is 3. The van der Waals surface area contributed by atoms with Crippen LogP contribution < -0.4 is 15.1 Å². The number of carbonyl (C=O) groups is 3. The zero-order valence-corrected chi connectivity index (χ0v) is 19.0. The van der Waals surface area contributed by atoms with Gasteiger partial charge in [-0.2, -0.15) is 0 Å². The van der Waals surface area contributed by atoms with Crippen molar-refractivity contribution in [2.75, 3.05) is 22.2 Å². The second kappa shape index (κ2) is 9.30. The smallest absolute Gasteiger partial charge is 0.283 e. The Morgan fingerprint density at radius 1 is 0.909 bits per heavy atom. The van der Waals surface area contributed by atoms with Crippen molar-refractivity contribution >= 4 is 46.4 Å². The maximum Gasteiger partial charge on any atom is 0.283 e.